The minimum absolute atomic E-state index is 0.285. The molecule has 0 aliphatic carbocycles. The molecule has 2 rings (SSSR count). The Kier molecular flexibility index (Phi) is 4.38. The molecule has 20 heavy (non-hydrogen) atoms. The molecule has 100 valence electrons. The lowest BCUT2D eigenvalue weighted by molar-refractivity contribution is 0.507. The Morgan fingerprint density at radius 2 is 1.95 bits per heavy atom. The first-order valence-corrected chi connectivity index (χ1v) is 6.23. The van der Waals surface area contributed by atoms with E-state index < -0.39 is 11.6 Å². The topological polar surface area (TPSA) is 35.8 Å². The van der Waals surface area contributed by atoms with Gasteiger partial charge in [0.15, 0.2) is 11.6 Å². The van der Waals surface area contributed by atoms with Gasteiger partial charge in [0.05, 0.1) is 11.6 Å². The van der Waals surface area contributed by atoms with Crippen LogP contribution in [0.25, 0.3) is 0 Å². The number of rotatable bonds is 3. The molecular formula is C15H10F2N2S. The van der Waals surface area contributed by atoms with Crippen molar-refractivity contribution < 1.29 is 8.78 Å². The molecule has 0 aromatic heterocycles. The van der Waals surface area contributed by atoms with E-state index in [1.54, 1.807) is 24.3 Å². The van der Waals surface area contributed by atoms with Gasteiger partial charge in [-0.1, -0.05) is 30.4 Å². The van der Waals surface area contributed by atoms with E-state index in [9.17, 15) is 8.78 Å². The van der Waals surface area contributed by atoms with Gasteiger partial charge in [0.1, 0.15) is 4.99 Å². The van der Waals surface area contributed by atoms with E-state index in [4.69, 9.17) is 17.5 Å². The number of thiocarbonyl (C=S) groups is 1. The monoisotopic (exact) mass is 288 g/mol. The highest BCUT2D eigenvalue weighted by molar-refractivity contribution is 7.80. The van der Waals surface area contributed by atoms with Crippen LogP contribution in [0, 0.1) is 23.0 Å². The molecule has 0 unspecified atom stereocenters. The SMILES string of the molecule is N#Cc1cccc(C(=S)NCc2ccc(F)c(F)c2)c1. The molecule has 0 amide bonds. The predicted octanol–water partition coefficient (Wildman–Crippen LogP) is 3.30. The van der Waals surface area contributed by atoms with Crippen LogP contribution in [-0.2, 0) is 6.54 Å². The van der Waals surface area contributed by atoms with Gasteiger partial charge in [-0.2, -0.15) is 5.26 Å². The van der Waals surface area contributed by atoms with Crippen LogP contribution in [0.4, 0.5) is 8.78 Å². The van der Waals surface area contributed by atoms with Gasteiger partial charge in [0.25, 0.3) is 0 Å². The van der Waals surface area contributed by atoms with Crippen molar-refractivity contribution >= 4 is 17.2 Å². The summed E-state index contributed by atoms with van der Waals surface area (Å²) in [5.74, 6) is -1.76. The summed E-state index contributed by atoms with van der Waals surface area (Å²) in [7, 11) is 0. The van der Waals surface area contributed by atoms with E-state index in [0.29, 0.717) is 21.7 Å². The number of hydrogen-bond acceptors (Lipinski definition) is 2. The van der Waals surface area contributed by atoms with Crippen LogP contribution >= 0.6 is 12.2 Å². The maximum Gasteiger partial charge on any atom is 0.159 e. The van der Waals surface area contributed by atoms with Crippen LogP contribution in [0.5, 0.6) is 0 Å². The Hall–Kier alpha value is -2.32. The van der Waals surface area contributed by atoms with Gasteiger partial charge in [0, 0.05) is 12.1 Å². The summed E-state index contributed by atoms with van der Waals surface area (Å²) in [6.45, 7) is 0.285. The fraction of sp³-hybridized carbons (Fsp3) is 0.0667. The van der Waals surface area contributed by atoms with Gasteiger partial charge < -0.3 is 5.32 Å². The van der Waals surface area contributed by atoms with Gasteiger partial charge in [-0.3, -0.25) is 0 Å². The summed E-state index contributed by atoms with van der Waals surface area (Å²) < 4.78 is 25.8. The molecule has 0 radical (unpaired) electrons. The average molecular weight is 288 g/mol. The van der Waals surface area contributed by atoms with E-state index in [2.05, 4.69) is 5.32 Å². The first kappa shape index (κ1) is 14.1. The zero-order chi connectivity index (χ0) is 14.5. The molecule has 2 aromatic rings. The molecule has 2 nitrogen and oxygen atoms in total. The lowest BCUT2D eigenvalue weighted by Gasteiger charge is -2.08. The molecule has 0 spiro atoms. The van der Waals surface area contributed by atoms with Gasteiger partial charge in [-0.15, -0.1) is 0 Å². The Bertz CT molecular complexity index is 693. The molecule has 0 aliphatic heterocycles. The number of hydrogen-bond donors (Lipinski definition) is 1. The normalized spacial score (nSPS) is 9.85. The van der Waals surface area contributed by atoms with Crippen LogP contribution in [0.1, 0.15) is 16.7 Å². The highest BCUT2D eigenvalue weighted by atomic mass is 32.1. The zero-order valence-electron chi connectivity index (χ0n) is 10.4. The van der Waals surface area contributed by atoms with Gasteiger partial charge >= 0.3 is 0 Å². The average Bonchev–Trinajstić information content (AvgIpc) is 2.48. The standard InChI is InChI=1S/C15H10F2N2S/c16-13-5-4-11(7-14(13)17)9-19-15(20)12-3-1-2-10(6-12)8-18/h1-7H,9H2,(H,19,20). The second kappa shape index (κ2) is 6.22. The third kappa shape index (κ3) is 3.37. The summed E-state index contributed by atoms with van der Waals surface area (Å²) in [4.78, 5) is 0.451. The third-order valence-electron chi connectivity index (χ3n) is 2.69. The van der Waals surface area contributed by atoms with Crippen LogP contribution in [-0.4, -0.2) is 4.99 Å². The molecule has 0 bridgehead atoms. The quantitative estimate of drug-likeness (QED) is 0.880. The first-order chi connectivity index (χ1) is 9.60. The minimum atomic E-state index is -0.887. The summed E-state index contributed by atoms with van der Waals surface area (Å²) in [5.41, 5.74) is 1.81. The predicted molar refractivity (Wildman–Crippen MR) is 76.1 cm³/mol. The van der Waals surface area contributed by atoms with Crippen molar-refractivity contribution in [2.75, 3.05) is 0 Å². The summed E-state index contributed by atoms with van der Waals surface area (Å²) in [6.07, 6.45) is 0. The van der Waals surface area contributed by atoms with E-state index in [-0.39, 0.29) is 6.54 Å². The third-order valence-corrected chi connectivity index (χ3v) is 3.07. The lowest BCUT2D eigenvalue weighted by Crippen LogP contribution is -2.21. The fourth-order valence-electron chi connectivity index (χ4n) is 1.66. The maximum atomic E-state index is 13.1. The molecule has 0 atom stereocenters. The molecule has 5 heteroatoms. The van der Waals surface area contributed by atoms with Crippen LogP contribution in [0.15, 0.2) is 42.5 Å². The van der Waals surface area contributed by atoms with Crippen molar-refractivity contribution in [3.63, 3.8) is 0 Å². The molecule has 2 aromatic carbocycles. The van der Waals surface area contributed by atoms with Crippen molar-refractivity contribution in [1.82, 2.24) is 5.32 Å². The summed E-state index contributed by atoms with van der Waals surface area (Å²) >= 11 is 5.20. The van der Waals surface area contributed by atoms with Crippen molar-refractivity contribution in [2.45, 2.75) is 6.54 Å². The number of nitrogens with one attached hydrogen (secondary N) is 1. The number of benzene rings is 2. The fourth-order valence-corrected chi connectivity index (χ4v) is 1.86. The second-order valence-electron chi connectivity index (χ2n) is 4.12. The van der Waals surface area contributed by atoms with Crippen LogP contribution in [0.2, 0.25) is 0 Å². The van der Waals surface area contributed by atoms with E-state index in [1.807, 2.05) is 6.07 Å². The number of nitrogens with zero attached hydrogens (tertiary/aromatic N) is 1. The Morgan fingerprint density at radius 1 is 1.15 bits per heavy atom. The summed E-state index contributed by atoms with van der Waals surface area (Å²) in [5, 5.41) is 11.8. The number of nitriles is 1. The highest BCUT2D eigenvalue weighted by Crippen LogP contribution is 2.09. The molecule has 1 N–H and O–H groups in total. The second-order valence-corrected chi connectivity index (χ2v) is 4.53. The molecule has 0 fully saturated rings. The van der Waals surface area contributed by atoms with Crippen LogP contribution in [0.3, 0.4) is 0 Å². The molecular weight excluding hydrogens is 278 g/mol. The van der Waals surface area contributed by atoms with Crippen molar-refractivity contribution in [1.29, 1.82) is 5.26 Å². The van der Waals surface area contributed by atoms with E-state index in [0.717, 1.165) is 12.1 Å². The smallest absolute Gasteiger partial charge is 0.159 e. The van der Waals surface area contributed by atoms with E-state index >= 15 is 0 Å². The molecule has 0 saturated heterocycles. The van der Waals surface area contributed by atoms with E-state index in [1.165, 1.54) is 6.07 Å². The minimum Gasteiger partial charge on any atom is -0.372 e. The van der Waals surface area contributed by atoms with Crippen molar-refractivity contribution in [3.8, 4) is 6.07 Å². The van der Waals surface area contributed by atoms with Crippen molar-refractivity contribution in [2.24, 2.45) is 0 Å². The van der Waals surface area contributed by atoms with Gasteiger partial charge in [-0.05, 0) is 29.8 Å². The molecule has 0 heterocycles. The van der Waals surface area contributed by atoms with Gasteiger partial charge in [-0.25, -0.2) is 8.78 Å². The van der Waals surface area contributed by atoms with Crippen molar-refractivity contribution in [3.05, 3.63) is 70.8 Å². The zero-order valence-corrected chi connectivity index (χ0v) is 11.2. The Labute approximate surface area is 120 Å². The lowest BCUT2D eigenvalue weighted by atomic mass is 10.1. The molecule has 0 saturated carbocycles. The number of halogens is 2. The first-order valence-electron chi connectivity index (χ1n) is 5.82. The van der Waals surface area contributed by atoms with Crippen LogP contribution < -0.4 is 5.32 Å². The largest absolute Gasteiger partial charge is 0.372 e. The Balaban J connectivity index is 2.04. The van der Waals surface area contributed by atoms with Gasteiger partial charge in [0.2, 0.25) is 0 Å². The summed E-state index contributed by atoms with van der Waals surface area (Å²) in [6, 6.07) is 12.6. The highest BCUT2D eigenvalue weighted by Gasteiger charge is 2.05. The maximum absolute atomic E-state index is 13.1. The molecule has 0 aliphatic rings. The Morgan fingerprint density at radius 3 is 2.65 bits per heavy atom.